The number of aromatic nitrogens is 1. The summed E-state index contributed by atoms with van der Waals surface area (Å²) in [5.41, 5.74) is 7.78. The van der Waals surface area contributed by atoms with E-state index in [1.807, 2.05) is 29.6 Å². The van der Waals surface area contributed by atoms with Gasteiger partial charge >= 0.3 is 5.97 Å². The summed E-state index contributed by atoms with van der Waals surface area (Å²) in [6.07, 6.45) is 2.26. The highest BCUT2D eigenvalue weighted by Gasteiger charge is 2.14. The fraction of sp³-hybridized carbons (Fsp3) is 0.231. The summed E-state index contributed by atoms with van der Waals surface area (Å²) in [7, 11) is 1.34. The Kier molecular flexibility index (Phi) is 4.07. The molecule has 0 radical (unpaired) electrons. The van der Waals surface area contributed by atoms with Gasteiger partial charge in [0.15, 0.2) is 0 Å². The van der Waals surface area contributed by atoms with E-state index in [1.165, 1.54) is 7.11 Å². The van der Waals surface area contributed by atoms with E-state index in [0.717, 1.165) is 16.1 Å². The number of nitrogens with zero attached hydrogens (tertiary/aromatic N) is 1. The molecule has 0 saturated carbocycles. The van der Waals surface area contributed by atoms with Crippen LogP contribution in [-0.4, -0.2) is 24.1 Å². The second kappa shape index (κ2) is 5.75. The molecule has 4 nitrogen and oxygen atoms in total. The zero-order chi connectivity index (χ0) is 13.0. The smallest absolute Gasteiger partial charge is 0.322 e. The number of hydrogen-bond donors (Lipinski definition) is 1. The van der Waals surface area contributed by atoms with Crippen LogP contribution in [0.5, 0.6) is 0 Å². The number of thiazole rings is 1. The molecule has 0 aliphatic heterocycles. The van der Waals surface area contributed by atoms with Gasteiger partial charge < -0.3 is 10.5 Å². The van der Waals surface area contributed by atoms with Gasteiger partial charge in [0, 0.05) is 17.1 Å². The van der Waals surface area contributed by atoms with Crippen LogP contribution in [-0.2, 0) is 16.0 Å². The minimum atomic E-state index is -0.610. The molecule has 1 unspecified atom stereocenters. The van der Waals surface area contributed by atoms with E-state index in [1.54, 1.807) is 17.5 Å². The molecular weight excluding hydrogens is 248 g/mol. The lowest BCUT2D eigenvalue weighted by atomic mass is 10.0. The lowest BCUT2D eigenvalue weighted by molar-refractivity contribution is -0.142. The molecule has 1 aromatic carbocycles. The maximum Gasteiger partial charge on any atom is 0.322 e. The van der Waals surface area contributed by atoms with Crippen molar-refractivity contribution in [2.24, 2.45) is 5.73 Å². The van der Waals surface area contributed by atoms with Gasteiger partial charge in [0.1, 0.15) is 11.0 Å². The molecule has 0 saturated heterocycles. The third-order valence-electron chi connectivity index (χ3n) is 2.59. The fourth-order valence-corrected chi connectivity index (χ4v) is 2.28. The van der Waals surface area contributed by atoms with E-state index >= 15 is 0 Å². The first kappa shape index (κ1) is 12.7. The number of nitrogens with two attached hydrogens (primary N) is 1. The fourth-order valence-electron chi connectivity index (χ4n) is 1.64. The standard InChI is InChI=1S/C13H14N2O2S/c1-17-13(16)11(14)8-9-2-4-10(5-3-9)12-15-6-7-18-12/h2-7,11H,8,14H2,1H3. The zero-order valence-electron chi connectivity index (χ0n) is 10.00. The Bertz CT molecular complexity index is 508. The molecular formula is C13H14N2O2S. The minimum Gasteiger partial charge on any atom is -0.468 e. The van der Waals surface area contributed by atoms with Gasteiger partial charge in [-0.2, -0.15) is 0 Å². The summed E-state index contributed by atoms with van der Waals surface area (Å²) in [5.74, 6) is -0.390. The second-order valence-corrected chi connectivity index (χ2v) is 4.76. The van der Waals surface area contributed by atoms with E-state index in [9.17, 15) is 4.79 Å². The Balaban J connectivity index is 2.06. The molecule has 94 valence electrons. The Labute approximate surface area is 109 Å². The van der Waals surface area contributed by atoms with Crippen molar-refractivity contribution in [3.8, 4) is 10.6 Å². The Morgan fingerprint density at radius 3 is 2.72 bits per heavy atom. The highest BCUT2D eigenvalue weighted by Crippen LogP contribution is 2.22. The first-order valence-electron chi connectivity index (χ1n) is 5.53. The second-order valence-electron chi connectivity index (χ2n) is 3.87. The van der Waals surface area contributed by atoms with Gasteiger partial charge in [-0.25, -0.2) is 4.98 Å². The minimum absolute atomic E-state index is 0.390. The molecule has 18 heavy (non-hydrogen) atoms. The maximum atomic E-state index is 11.2. The van der Waals surface area contributed by atoms with Crippen LogP contribution in [0.1, 0.15) is 5.56 Å². The lowest BCUT2D eigenvalue weighted by Crippen LogP contribution is -2.33. The Morgan fingerprint density at radius 2 is 2.17 bits per heavy atom. The topological polar surface area (TPSA) is 65.2 Å². The summed E-state index contributed by atoms with van der Waals surface area (Å²) in [4.78, 5) is 15.5. The van der Waals surface area contributed by atoms with Gasteiger partial charge in [-0.1, -0.05) is 24.3 Å². The molecule has 5 heteroatoms. The molecule has 1 atom stereocenters. The van der Waals surface area contributed by atoms with E-state index < -0.39 is 6.04 Å². The lowest BCUT2D eigenvalue weighted by Gasteiger charge is -2.09. The number of hydrogen-bond acceptors (Lipinski definition) is 5. The van der Waals surface area contributed by atoms with Crippen molar-refractivity contribution in [3.05, 3.63) is 41.4 Å². The van der Waals surface area contributed by atoms with E-state index in [4.69, 9.17) is 5.73 Å². The van der Waals surface area contributed by atoms with E-state index in [-0.39, 0.29) is 5.97 Å². The van der Waals surface area contributed by atoms with E-state index in [2.05, 4.69) is 9.72 Å². The number of carbonyl (C=O) groups is 1. The van der Waals surface area contributed by atoms with Crippen LogP contribution >= 0.6 is 11.3 Å². The van der Waals surface area contributed by atoms with Gasteiger partial charge in [0.05, 0.1) is 7.11 Å². The van der Waals surface area contributed by atoms with Gasteiger partial charge in [-0.05, 0) is 12.0 Å². The predicted molar refractivity (Wildman–Crippen MR) is 71.2 cm³/mol. The van der Waals surface area contributed by atoms with Crippen molar-refractivity contribution in [2.45, 2.75) is 12.5 Å². The number of methoxy groups -OCH3 is 1. The molecule has 2 rings (SSSR count). The molecule has 0 spiro atoms. The SMILES string of the molecule is COC(=O)C(N)Cc1ccc(-c2nccs2)cc1. The first-order valence-corrected chi connectivity index (χ1v) is 6.41. The van der Waals surface area contributed by atoms with Crippen molar-refractivity contribution >= 4 is 17.3 Å². The zero-order valence-corrected chi connectivity index (χ0v) is 10.8. The predicted octanol–water partition coefficient (Wildman–Crippen LogP) is 1.85. The molecule has 1 aromatic heterocycles. The number of carbonyl (C=O) groups excluding carboxylic acids is 1. The molecule has 1 heterocycles. The summed E-state index contributed by atoms with van der Waals surface area (Å²) >= 11 is 1.59. The number of esters is 1. The van der Waals surface area contributed by atoms with Crippen molar-refractivity contribution in [2.75, 3.05) is 7.11 Å². The summed E-state index contributed by atoms with van der Waals surface area (Å²) in [5, 5.41) is 2.93. The van der Waals surface area contributed by atoms with Gasteiger partial charge in [0.2, 0.25) is 0 Å². The Hall–Kier alpha value is -1.72. The summed E-state index contributed by atoms with van der Waals surface area (Å²) in [6.45, 7) is 0. The van der Waals surface area contributed by atoms with Crippen LogP contribution in [0.2, 0.25) is 0 Å². The first-order chi connectivity index (χ1) is 8.70. The molecule has 2 N–H and O–H groups in total. The van der Waals surface area contributed by atoms with Crippen molar-refractivity contribution in [1.82, 2.24) is 4.98 Å². The van der Waals surface area contributed by atoms with Gasteiger partial charge in [0.25, 0.3) is 0 Å². The third kappa shape index (κ3) is 2.94. The van der Waals surface area contributed by atoms with Crippen LogP contribution < -0.4 is 5.73 Å². The Morgan fingerprint density at radius 1 is 1.44 bits per heavy atom. The monoisotopic (exact) mass is 262 g/mol. The van der Waals surface area contributed by atoms with Crippen molar-refractivity contribution < 1.29 is 9.53 Å². The molecule has 0 amide bonds. The summed E-state index contributed by atoms with van der Waals surface area (Å²) in [6, 6.07) is 7.27. The van der Waals surface area contributed by atoms with Crippen LogP contribution in [0.3, 0.4) is 0 Å². The van der Waals surface area contributed by atoms with Gasteiger partial charge in [-0.15, -0.1) is 11.3 Å². The largest absolute Gasteiger partial charge is 0.468 e. The number of ether oxygens (including phenoxy) is 1. The molecule has 0 aliphatic rings. The van der Waals surface area contributed by atoms with Crippen molar-refractivity contribution in [3.63, 3.8) is 0 Å². The van der Waals surface area contributed by atoms with Crippen LogP contribution in [0, 0.1) is 0 Å². The average Bonchev–Trinajstić information content (AvgIpc) is 2.92. The summed E-state index contributed by atoms with van der Waals surface area (Å²) < 4.78 is 4.59. The van der Waals surface area contributed by atoms with Crippen LogP contribution in [0.25, 0.3) is 10.6 Å². The quantitative estimate of drug-likeness (QED) is 0.854. The average molecular weight is 262 g/mol. The third-order valence-corrected chi connectivity index (χ3v) is 3.41. The van der Waals surface area contributed by atoms with Crippen LogP contribution in [0.15, 0.2) is 35.8 Å². The van der Waals surface area contributed by atoms with Crippen molar-refractivity contribution in [1.29, 1.82) is 0 Å². The number of rotatable bonds is 4. The highest BCUT2D eigenvalue weighted by atomic mass is 32.1. The molecule has 0 bridgehead atoms. The van der Waals surface area contributed by atoms with Gasteiger partial charge in [-0.3, -0.25) is 4.79 Å². The number of benzene rings is 1. The molecule has 0 fully saturated rings. The van der Waals surface area contributed by atoms with E-state index in [0.29, 0.717) is 6.42 Å². The molecule has 0 aliphatic carbocycles. The highest BCUT2D eigenvalue weighted by molar-refractivity contribution is 7.13. The normalized spacial score (nSPS) is 12.1. The van der Waals surface area contributed by atoms with Crippen LogP contribution in [0.4, 0.5) is 0 Å². The maximum absolute atomic E-state index is 11.2. The molecule has 2 aromatic rings.